The predicted molar refractivity (Wildman–Crippen MR) is 78.7 cm³/mol. The Bertz CT molecular complexity index is 585. The molecule has 2 fully saturated rings. The summed E-state index contributed by atoms with van der Waals surface area (Å²) in [6.07, 6.45) is 1.11. The van der Waals surface area contributed by atoms with Crippen LogP contribution in [-0.4, -0.2) is 29.2 Å². The Morgan fingerprint density at radius 3 is 2.57 bits per heavy atom. The lowest BCUT2D eigenvalue weighted by Gasteiger charge is -2.20. The van der Waals surface area contributed by atoms with Crippen molar-refractivity contribution in [3.8, 4) is 0 Å². The van der Waals surface area contributed by atoms with Gasteiger partial charge in [-0.15, -0.1) is 0 Å². The second-order valence-corrected chi connectivity index (χ2v) is 6.53. The van der Waals surface area contributed by atoms with Gasteiger partial charge in [0.05, 0.1) is 5.54 Å². The highest BCUT2D eigenvalue weighted by atomic mass is 79.9. The maximum atomic E-state index is 12.3. The average Bonchev–Trinajstić information content (AvgIpc) is 3.04. The third-order valence-electron chi connectivity index (χ3n) is 4.08. The fourth-order valence-electron chi connectivity index (χ4n) is 2.73. The van der Waals surface area contributed by atoms with Gasteiger partial charge in [-0.1, -0.05) is 28.1 Å². The van der Waals surface area contributed by atoms with Crippen LogP contribution in [0.4, 0.5) is 0 Å². The van der Waals surface area contributed by atoms with E-state index in [-0.39, 0.29) is 11.4 Å². The number of carbonyl (C=O) groups is 2. The molecule has 0 unspecified atom stereocenters. The molecule has 1 saturated carbocycles. The summed E-state index contributed by atoms with van der Waals surface area (Å²) in [6, 6.07) is 7.88. The highest BCUT2D eigenvalue weighted by Crippen LogP contribution is 2.46. The largest absolute Gasteiger partial charge is 0.479 e. The summed E-state index contributed by atoms with van der Waals surface area (Å²) in [6.45, 7) is 0. The van der Waals surface area contributed by atoms with Gasteiger partial charge >= 0.3 is 5.97 Å². The molecule has 0 radical (unpaired) electrons. The molecule has 21 heavy (non-hydrogen) atoms. The lowest BCUT2D eigenvalue weighted by atomic mass is 10.0. The third-order valence-corrected chi connectivity index (χ3v) is 4.57. The number of hydrogen-bond acceptors (Lipinski definition) is 3. The zero-order valence-electron chi connectivity index (χ0n) is 11.3. The van der Waals surface area contributed by atoms with Gasteiger partial charge in [-0.2, -0.15) is 0 Å². The van der Waals surface area contributed by atoms with Crippen LogP contribution in [0, 0.1) is 0 Å². The average molecular weight is 354 g/mol. The number of nitrogens with one attached hydrogen (secondary N) is 1. The van der Waals surface area contributed by atoms with Crippen LogP contribution in [-0.2, 0) is 19.9 Å². The van der Waals surface area contributed by atoms with E-state index in [4.69, 9.17) is 9.84 Å². The number of benzene rings is 1. The smallest absolute Gasteiger partial charge is 0.332 e. The number of hydrogen-bond donors (Lipinski definition) is 2. The van der Waals surface area contributed by atoms with E-state index in [0.29, 0.717) is 12.8 Å². The molecule has 2 N–H and O–H groups in total. The van der Waals surface area contributed by atoms with Crippen LogP contribution < -0.4 is 5.32 Å². The molecule has 2 atom stereocenters. The Labute approximate surface area is 130 Å². The summed E-state index contributed by atoms with van der Waals surface area (Å²) in [5, 5.41) is 11.9. The first-order valence-electron chi connectivity index (χ1n) is 6.96. The van der Waals surface area contributed by atoms with Crippen LogP contribution >= 0.6 is 15.9 Å². The first kappa shape index (κ1) is 14.5. The van der Waals surface area contributed by atoms with E-state index in [1.807, 2.05) is 24.3 Å². The monoisotopic (exact) mass is 353 g/mol. The van der Waals surface area contributed by atoms with Gasteiger partial charge in [0, 0.05) is 4.47 Å². The number of carboxylic acid groups (broad SMARTS) is 1. The maximum Gasteiger partial charge on any atom is 0.332 e. The van der Waals surface area contributed by atoms with Crippen LogP contribution in [0.3, 0.4) is 0 Å². The number of ether oxygens (including phenoxy) is 1. The molecule has 0 bridgehead atoms. The van der Waals surface area contributed by atoms with Crippen molar-refractivity contribution in [2.75, 3.05) is 0 Å². The van der Waals surface area contributed by atoms with Crippen molar-refractivity contribution >= 4 is 27.8 Å². The second kappa shape index (κ2) is 5.42. The van der Waals surface area contributed by atoms with Crippen molar-refractivity contribution in [2.45, 2.75) is 43.4 Å². The molecule has 1 aromatic rings. The van der Waals surface area contributed by atoms with E-state index in [0.717, 1.165) is 22.9 Å². The van der Waals surface area contributed by atoms with E-state index in [9.17, 15) is 9.59 Å². The molecule has 5 nitrogen and oxygen atoms in total. The topological polar surface area (TPSA) is 75.6 Å². The number of halogens is 1. The van der Waals surface area contributed by atoms with Crippen LogP contribution in [0.25, 0.3) is 0 Å². The van der Waals surface area contributed by atoms with Gasteiger partial charge in [0.15, 0.2) is 6.10 Å². The Kier molecular flexibility index (Phi) is 3.75. The predicted octanol–water partition coefficient (Wildman–Crippen LogP) is 2.19. The molecule has 1 aliphatic carbocycles. The first-order valence-corrected chi connectivity index (χ1v) is 7.76. The van der Waals surface area contributed by atoms with Crippen molar-refractivity contribution in [2.24, 2.45) is 0 Å². The van der Waals surface area contributed by atoms with E-state index < -0.39 is 18.2 Å². The Hall–Kier alpha value is -1.40. The highest BCUT2D eigenvalue weighted by Gasteiger charge is 2.47. The van der Waals surface area contributed by atoms with Crippen LogP contribution in [0.1, 0.15) is 31.2 Å². The van der Waals surface area contributed by atoms with E-state index in [2.05, 4.69) is 21.2 Å². The number of rotatable bonds is 4. The molecule has 1 aliphatic heterocycles. The van der Waals surface area contributed by atoms with Gasteiger partial charge in [0.2, 0.25) is 5.91 Å². The molecule has 1 saturated heterocycles. The normalized spacial score (nSPS) is 26.3. The summed E-state index contributed by atoms with van der Waals surface area (Å²) in [4.78, 5) is 23.2. The summed E-state index contributed by atoms with van der Waals surface area (Å²) < 4.78 is 6.27. The molecule has 1 amide bonds. The minimum atomic E-state index is -1.00. The molecule has 6 heteroatoms. The van der Waals surface area contributed by atoms with Crippen LogP contribution in [0.2, 0.25) is 0 Å². The number of amides is 1. The van der Waals surface area contributed by atoms with Gasteiger partial charge < -0.3 is 15.2 Å². The standard InChI is InChI=1S/C15H16BrNO4/c16-10-3-1-2-9(8-10)15(6-7-15)17-13(18)11-4-5-12(21-11)14(19)20/h1-3,8,11-12H,4-7H2,(H,17,18)(H,19,20)/t11-,12+/m0/s1. The van der Waals surface area contributed by atoms with Gasteiger partial charge in [-0.3, -0.25) is 4.79 Å². The van der Waals surface area contributed by atoms with Crippen molar-refractivity contribution in [1.29, 1.82) is 0 Å². The lowest BCUT2D eigenvalue weighted by Crippen LogP contribution is -2.42. The molecule has 3 rings (SSSR count). The van der Waals surface area contributed by atoms with Gasteiger partial charge in [0.1, 0.15) is 6.10 Å². The molecule has 112 valence electrons. The number of carbonyl (C=O) groups excluding carboxylic acids is 1. The fourth-order valence-corrected chi connectivity index (χ4v) is 3.12. The van der Waals surface area contributed by atoms with Gasteiger partial charge in [-0.05, 0) is 43.4 Å². The summed E-state index contributed by atoms with van der Waals surface area (Å²) >= 11 is 3.44. The summed E-state index contributed by atoms with van der Waals surface area (Å²) in [5.74, 6) is -1.21. The first-order chi connectivity index (χ1) is 10.00. The summed E-state index contributed by atoms with van der Waals surface area (Å²) in [5.41, 5.74) is 0.754. The lowest BCUT2D eigenvalue weighted by molar-refractivity contribution is -0.152. The molecular formula is C15H16BrNO4. The Balaban J connectivity index is 1.67. The zero-order valence-corrected chi connectivity index (χ0v) is 12.9. The Morgan fingerprint density at radius 1 is 1.29 bits per heavy atom. The molecule has 1 aromatic carbocycles. The van der Waals surface area contributed by atoms with E-state index in [1.54, 1.807) is 0 Å². The van der Waals surface area contributed by atoms with Crippen molar-refractivity contribution in [1.82, 2.24) is 5.32 Å². The highest BCUT2D eigenvalue weighted by molar-refractivity contribution is 9.10. The minimum absolute atomic E-state index is 0.212. The molecular weight excluding hydrogens is 338 g/mol. The summed E-state index contributed by atoms with van der Waals surface area (Å²) in [7, 11) is 0. The van der Waals surface area contributed by atoms with Crippen LogP contribution in [0.5, 0.6) is 0 Å². The van der Waals surface area contributed by atoms with Crippen molar-refractivity contribution < 1.29 is 19.4 Å². The maximum absolute atomic E-state index is 12.3. The molecule has 0 spiro atoms. The van der Waals surface area contributed by atoms with Crippen molar-refractivity contribution in [3.63, 3.8) is 0 Å². The molecule has 1 heterocycles. The van der Waals surface area contributed by atoms with Crippen molar-refractivity contribution in [3.05, 3.63) is 34.3 Å². The van der Waals surface area contributed by atoms with Gasteiger partial charge in [-0.25, -0.2) is 4.79 Å². The zero-order chi connectivity index (χ0) is 15.0. The van der Waals surface area contributed by atoms with Crippen LogP contribution in [0.15, 0.2) is 28.7 Å². The minimum Gasteiger partial charge on any atom is -0.479 e. The third kappa shape index (κ3) is 2.96. The fraction of sp³-hybridized carbons (Fsp3) is 0.467. The quantitative estimate of drug-likeness (QED) is 0.869. The number of carboxylic acids is 1. The Morgan fingerprint density at radius 2 is 2.00 bits per heavy atom. The molecule has 2 aliphatic rings. The van der Waals surface area contributed by atoms with Gasteiger partial charge in [0.25, 0.3) is 0 Å². The molecule has 0 aromatic heterocycles. The second-order valence-electron chi connectivity index (χ2n) is 5.61. The van der Waals surface area contributed by atoms with E-state index >= 15 is 0 Å². The number of aliphatic carboxylic acids is 1. The van der Waals surface area contributed by atoms with E-state index in [1.165, 1.54) is 0 Å². The SMILES string of the molecule is O=C(NC1(c2cccc(Br)c2)CC1)[C@@H]1CC[C@H](C(=O)O)O1.